The van der Waals surface area contributed by atoms with Crippen LogP contribution >= 0.6 is 38.5 Å². The molecule has 1 fully saturated rings. The molecule has 0 saturated carbocycles. The smallest absolute Gasteiger partial charge is 0.253 e. The topological polar surface area (TPSA) is 46.3 Å². The van der Waals surface area contributed by atoms with E-state index in [9.17, 15) is 4.79 Å². The zero-order valence-corrected chi connectivity index (χ0v) is 17.3. The van der Waals surface area contributed by atoms with Crippen LogP contribution in [0.25, 0.3) is 0 Å². The maximum Gasteiger partial charge on any atom is 0.253 e. The number of hydrogen-bond acceptors (Lipinski definition) is 2. The lowest BCUT2D eigenvalue weighted by Crippen LogP contribution is -2.38. The van der Waals surface area contributed by atoms with Crippen LogP contribution in [0.15, 0.2) is 40.9 Å². The third-order valence-electron chi connectivity index (χ3n) is 4.75. The Balaban J connectivity index is 1.70. The van der Waals surface area contributed by atoms with Crippen LogP contribution in [0, 0.1) is 10.5 Å². The molecule has 1 aliphatic heterocycles. The summed E-state index contributed by atoms with van der Waals surface area (Å²) in [4.78, 5) is 14.7. The summed E-state index contributed by atoms with van der Waals surface area (Å²) in [5.74, 6) is 0.608. The van der Waals surface area contributed by atoms with Gasteiger partial charge in [0.2, 0.25) is 0 Å². The molecule has 0 aliphatic carbocycles. The first kappa shape index (κ1) is 17.7. The Morgan fingerprint density at radius 2 is 1.96 bits per heavy atom. The molecular formula is C19H20BrIN2O. The monoisotopic (exact) mass is 498 g/mol. The minimum Gasteiger partial charge on any atom is -0.399 e. The second kappa shape index (κ2) is 7.44. The quantitative estimate of drug-likeness (QED) is 0.469. The number of nitrogens with two attached hydrogens (primary N) is 1. The van der Waals surface area contributed by atoms with Crippen molar-refractivity contribution in [2.75, 3.05) is 18.8 Å². The molecule has 1 aliphatic rings. The number of nitrogen functional groups attached to an aromatic ring is 1. The van der Waals surface area contributed by atoms with Crippen molar-refractivity contribution < 1.29 is 4.79 Å². The number of rotatable bonds is 2. The summed E-state index contributed by atoms with van der Waals surface area (Å²) in [5.41, 5.74) is 10.2. The SMILES string of the molecule is Cc1c(N)cccc1C1CCN(C(=O)c2cc(Br)cc(I)c2)CC1. The normalized spacial score (nSPS) is 15.5. The number of benzene rings is 2. The molecule has 0 bridgehead atoms. The molecule has 24 heavy (non-hydrogen) atoms. The lowest BCUT2D eigenvalue weighted by atomic mass is 9.86. The fraction of sp³-hybridized carbons (Fsp3) is 0.316. The van der Waals surface area contributed by atoms with Crippen LogP contribution < -0.4 is 5.73 Å². The van der Waals surface area contributed by atoms with Crippen LogP contribution in [0.4, 0.5) is 5.69 Å². The number of halogens is 2. The van der Waals surface area contributed by atoms with E-state index >= 15 is 0 Å². The molecule has 0 unspecified atom stereocenters. The zero-order chi connectivity index (χ0) is 17.3. The van der Waals surface area contributed by atoms with Gasteiger partial charge in [0.25, 0.3) is 5.91 Å². The Hall–Kier alpha value is -1.08. The maximum atomic E-state index is 12.8. The number of hydrogen-bond donors (Lipinski definition) is 1. The van der Waals surface area contributed by atoms with E-state index in [-0.39, 0.29) is 5.91 Å². The highest BCUT2D eigenvalue weighted by molar-refractivity contribution is 14.1. The highest BCUT2D eigenvalue weighted by Gasteiger charge is 2.25. The van der Waals surface area contributed by atoms with E-state index in [0.717, 1.165) is 45.2 Å². The molecule has 3 nitrogen and oxygen atoms in total. The first-order valence-corrected chi connectivity index (χ1v) is 9.93. The zero-order valence-electron chi connectivity index (χ0n) is 13.6. The van der Waals surface area contributed by atoms with Crippen LogP contribution in [0.2, 0.25) is 0 Å². The second-order valence-corrected chi connectivity index (χ2v) is 8.45. The van der Waals surface area contributed by atoms with Crippen molar-refractivity contribution in [2.24, 2.45) is 0 Å². The molecule has 5 heteroatoms. The van der Waals surface area contributed by atoms with Gasteiger partial charge in [-0.15, -0.1) is 0 Å². The van der Waals surface area contributed by atoms with E-state index in [4.69, 9.17) is 5.73 Å². The number of amides is 1. The number of nitrogens with zero attached hydrogens (tertiary/aromatic N) is 1. The molecule has 0 aromatic heterocycles. The minimum atomic E-state index is 0.122. The van der Waals surface area contributed by atoms with Gasteiger partial charge in [0.1, 0.15) is 0 Å². The van der Waals surface area contributed by atoms with Crippen molar-refractivity contribution in [3.63, 3.8) is 0 Å². The van der Waals surface area contributed by atoms with E-state index in [0.29, 0.717) is 5.92 Å². The van der Waals surface area contributed by atoms with Gasteiger partial charge in [-0.05, 0) is 83.7 Å². The molecule has 0 radical (unpaired) electrons. The molecule has 0 atom stereocenters. The van der Waals surface area contributed by atoms with Crippen LogP contribution in [0.1, 0.15) is 40.2 Å². The lowest BCUT2D eigenvalue weighted by Gasteiger charge is -2.33. The van der Waals surface area contributed by atoms with Crippen molar-refractivity contribution in [1.82, 2.24) is 4.90 Å². The number of anilines is 1. The Kier molecular flexibility index (Phi) is 5.49. The van der Waals surface area contributed by atoms with Crippen molar-refractivity contribution in [2.45, 2.75) is 25.7 Å². The maximum absolute atomic E-state index is 12.8. The van der Waals surface area contributed by atoms with Crippen LogP contribution in [0.5, 0.6) is 0 Å². The molecule has 0 spiro atoms. The van der Waals surface area contributed by atoms with Crippen molar-refractivity contribution in [3.05, 3.63) is 61.1 Å². The summed E-state index contributed by atoms with van der Waals surface area (Å²) in [7, 11) is 0. The minimum absolute atomic E-state index is 0.122. The first-order chi connectivity index (χ1) is 11.5. The van der Waals surface area contributed by atoms with Crippen molar-refractivity contribution >= 4 is 50.1 Å². The van der Waals surface area contributed by atoms with Gasteiger partial charge in [0.05, 0.1) is 0 Å². The molecule has 2 aromatic rings. The predicted molar refractivity (Wildman–Crippen MR) is 110 cm³/mol. The third-order valence-corrected chi connectivity index (χ3v) is 5.83. The van der Waals surface area contributed by atoms with Crippen molar-refractivity contribution in [1.29, 1.82) is 0 Å². The van der Waals surface area contributed by atoms with Crippen LogP contribution in [-0.2, 0) is 0 Å². The summed E-state index contributed by atoms with van der Waals surface area (Å²) >= 11 is 5.71. The van der Waals surface area contributed by atoms with E-state index in [2.05, 4.69) is 51.5 Å². The van der Waals surface area contributed by atoms with Gasteiger partial charge in [-0.1, -0.05) is 28.1 Å². The van der Waals surface area contributed by atoms with E-state index in [1.165, 1.54) is 11.1 Å². The highest BCUT2D eigenvalue weighted by atomic mass is 127. The molecule has 2 aromatic carbocycles. The molecule has 1 saturated heterocycles. The standard InChI is InChI=1S/C19H20BrIN2O/c1-12-17(3-2-4-18(12)22)13-5-7-23(8-6-13)19(24)14-9-15(20)11-16(21)10-14/h2-4,9-11,13H,5-8,22H2,1H3. The largest absolute Gasteiger partial charge is 0.399 e. The molecule has 3 rings (SSSR count). The Morgan fingerprint density at radius 1 is 1.25 bits per heavy atom. The number of piperidine rings is 1. The summed E-state index contributed by atoms with van der Waals surface area (Å²) in [6.07, 6.45) is 1.97. The molecule has 2 N–H and O–H groups in total. The fourth-order valence-electron chi connectivity index (χ4n) is 3.37. The third kappa shape index (κ3) is 3.77. The number of carbonyl (C=O) groups is 1. The van der Waals surface area contributed by atoms with Gasteiger partial charge in [-0.3, -0.25) is 4.79 Å². The van der Waals surface area contributed by atoms with Crippen molar-refractivity contribution in [3.8, 4) is 0 Å². The Labute approximate surface area is 164 Å². The van der Waals surface area contributed by atoms with Gasteiger partial charge >= 0.3 is 0 Å². The summed E-state index contributed by atoms with van der Waals surface area (Å²) in [5, 5.41) is 0. The summed E-state index contributed by atoms with van der Waals surface area (Å²) < 4.78 is 2.01. The van der Waals surface area contributed by atoms with Gasteiger partial charge in [0, 0.05) is 32.4 Å². The van der Waals surface area contributed by atoms with Crippen LogP contribution in [-0.4, -0.2) is 23.9 Å². The first-order valence-electron chi connectivity index (χ1n) is 8.06. The highest BCUT2D eigenvalue weighted by Crippen LogP contribution is 2.32. The Morgan fingerprint density at radius 3 is 2.62 bits per heavy atom. The van der Waals surface area contributed by atoms with Gasteiger partial charge in [-0.25, -0.2) is 0 Å². The molecule has 126 valence electrons. The number of carbonyl (C=O) groups excluding carboxylic acids is 1. The Bertz CT molecular complexity index is 750. The average molecular weight is 499 g/mol. The number of likely N-dealkylation sites (tertiary alicyclic amines) is 1. The van der Waals surface area contributed by atoms with Gasteiger partial charge < -0.3 is 10.6 Å². The lowest BCUT2D eigenvalue weighted by molar-refractivity contribution is 0.0713. The molecular weight excluding hydrogens is 479 g/mol. The van der Waals surface area contributed by atoms with E-state index in [1.54, 1.807) is 0 Å². The summed E-state index contributed by atoms with van der Waals surface area (Å²) in [6, 6.07) is 12.0. The van der Waals surface area contributed by atoms with E-state index in [1.807, 2.05) is 35.2 Å². The average Bonchev–Trinajstić information content (AvgIpc) is 2.56. The van der Waals surface area contributed by atoms with E-state index < -0.39 is 0 Å². The molecule has 1 amide bonds. The van der Waals surface area contributed by atoms with Gasteiger partial charge in [-0.2, -0.15) is 0 Å². The fourth-order valence-corrected chi connectivity index (χ4v) is 4.96. The second-order valence-electron chi connectivity index (χ2n) is 6.29. The summed E-state index contributed by atoms with van der Waals surface area (Å²) in [6.45, 7) is 3.67. The predicted octanol–water partition coefficient (Wildman–Crippen LogP) is 4.96. The van der Waals surface area contributed by atoms with Crippen LogP contribution in [0.3, 0.4) is 0 Å². The van der Waals surface area contributed by atoms with Gasteiger partial charge in [0.15, 0.2) is 0 Å². The molecule has 1 heterocycles.